The van der Waals surface area contributed by atoms with Crippen LogP contribution in [0.3, 0.4) is 0 Å². The fourth-order valence-corrected chi connectivity index (χ4v) is 3.06. The van der Waals surface area contributed by atoms with E-state index in [1.165, 1.54) is 12.8 Å². The Kier molecular flexibility index (Phi) is 2.26. The molecule has 0 saturated heterocycles. The predicted octanol–water partition coefficient (Wildman–Crippen LogP) is 0.545. The molecule has 5 nitrogen and oxygen atoms in total. The largest absolute Gasteiger partial charge is 0.350 e. The van der Waals surface area contributed by atoms with Crippen LogP contribution < -0.4 is 11.1 Å². The van der Waals surface area contributed by atoms with Crippen LogP contribution in [0.4, 0.5) is 0 Å². The monoisotopic (exact) mass is 234 g/mol. The number of aromatic nitrogens is 2. The number of nitrogens with zero attached hydrogens (tertiary/aromatic N) is 1. The lowest BCUT2D eigenvalue weighted by Gasteiger charge is -2.46. The molecular formula is C12H18N4O. The van der Waals surface area contributed by atoms with Crippen molar-refractivity contribution < 1.29 is 4.79 Å². The van der Waals surface area contributed by atoms with Gasteiger partial charge in [-0.05, 0) is 37.2 Å². The minimum atomic E-state index is -0.295. The highest BCUT2D eigenvalue weighted by atomic mass is 16.2. The van der Waals surface area contributed by atoms with Gasteiger partial charge in [0.25, 0.3) is 0 Å². The van der Waals surface area contributed by atoms with Gasteiger partial charge in [0.05, 0.1) is 17.7 Å². The van der Waals surface area contributed by atoms with Gasteiger partial charge in [0.2, 0.25) is 5.91 Å². The van der Waals surface area contributed by atoms with E-state index in [1.807, 2.05) is 6.07 Å². The standard InChI is InChI=1S/C12H18N4O/c13-8-12(6-11(7-12)2-3-11)10(17)14-5-9-1-4-15-16-9/h1,4H,2-3,5-8,13H2,(H,14,17)(H,15,16). The maximum Gasteiger partial charge on any atom is 0.227 e. The zero-order chi connectivity index (χ0) is 11.9. The molecule has 1 amide bonds. The molecule has 0 aliphatic heterocycles. The molecule has 0 atom stereocenters. The summed E-state index contributed by atoms with van der Waals surface area (Å²) >= 11 is 0. The Morgan fingerprint density at radius 3 is 2.82 bits per heavy atom. The fraction of sp³-hybridized carbons (Fsp3) is 0.667. The second kappa shape index (κ2) is 3.57. The van der Waals surface area contributed by atoms with E-state index in [4.69, 9.17) is 5.73 Å². The molecule has 5 heteroatoms. The average molecular weight is 234 g/mol. The summed E-state index contributed by atoms with van der Waals surface area (Å²) in [4.78, 5) is 12.2. The smallest absolute Gasteiger partial charge is 0.227 e. The molecule has 0 bridgehead atoms. The van der Waals surface area contributed by atoms with E-state index in [0.29, 0.717) is 18.5 Å². The summed E-state index contributed by atoms with van der Waals surface area (Å²) in [6, 6.07) is 1.86. The molecule has 92 valence electrons. The number of amides is 1. The Bertz CT molecular complexity index is 414. The number of aromatic amines is 1. The molecule has 0 aromatic carbocycles. The second-order valence-electron chi connectivity index (χ2n) is 5.60. The summed E-state index contributed by atoms with van der Waals surface area (Å²) in [5.41, 5.74) is 6.90. The molecule has 2 aliphatic carbocycles. The molecule has 3 rings (SSSR count). The summed E-state index contributed by atoms with van der Waals surface area (Å²) in [7, 11) is 0. The van der Waals surface area contributed by atoms with Gasteiger partial charge in [-0.15, -0.1) is 0 Å². The highest BCUT2D eigenvalue weighted by molar-refractivity contribution is 5.84. The SMILES string of the molecule is NCC1(C(=O)NCc2ccn[nH]2)CC2(CC2)C1. The van der Waals surface area contributed by atoms with Gasteiger partial charge in [0.1, 0.15) is 0 Å². The third-order valence-corrected chi connectivity index (χ3v) is 4.25. The van der Waals surface area contributed by atoms with Crippen LogP contribution in [0, 0.1) is 10.8 Å². The first-order chi connectivity index (χ1) is 8.18. The zero-order valence-electron chi connectivity index (χ0n) is 9.83. The topological polar surface area (TPSA) is 83.8 Å². The van der Waals surface area contributed by atoms with Gasteiger partial charge in [0.15, 0.2) is 0 Å². The number of rotatable bonds is 4. The summed E-state index contributed by atoms with van der Waals surface area (Å²) in [5, 5.41) is 9.63. The van der Waals surface area contributed by atoms with Crippen molar-refractivity contribution in [2.75, 3.05) is 6.54 Å². The molecule has 1 aromatic rings. The predicted molar refractivity (Wildman–Crippen MR) is 62.8 cm³/mol. The summed E-state index contributed by atoms with van der Waals surface area (Å²) in [6.45, 7) is 0.969. The Morgan fingerprint density at radius 1 is 1.53 bits per heavy atom. The molecule has 2 aliphatic rings. The Morgan fingerprint density at radius 2 is 2.29 bits per heavy atom. The zero-order valence-corrected chi connectivity index (χ0v) is 9.83. The molecule has 2 saturated carbocycles. The lowest BCUT2D eigenvalue weighted by atomic mass is 9.59. The van der Waals surface area contributed by atoms with Crippen molar-refractivity contribution in [3.05, 3.63) is 18.0 Å². The number of hydrogen-bond donors (Lipinski definition) is 3. The van der Waals surface area contributed by atoms with Crippen LogP contribution in [0.25, 0.3) is 0 Å². The molecule has 1 aromatic heterocycles. The first-order valence-electron chi connectivity index (χ1n) is 6.15. The maximum atomic E-state index is 12.2. The maximum absolute atomic E-state index is 12.2. The molecule has 0 unspecified atom stereocenters. The van der Waals surface area contributed by atoms with Gasteiger partial charge in [-0.25, -0.2) is 0 Å². The molecule has 1 heterocycles. The Labute approximate surface area is 100 Å². The van der Waals surface area contributed by atoms with E-state index in [9.17, 15) is 4.79 Å². The van der Waals surface area contributed by atoms with Gasteiger partial charge in [0, 0.05) is 12.7 Å². The van der Waals surface area contributed by atoms with Gasteiger partial charge < -0.3 is 11.1 Å². The van der Waals surface area contributed by atoms with Crippen molar-refractivity contribution in [1.82, 2.24) is 15.5 Å². The lowest BCUT2D eigenvalue weighted by molar-refractivity contribution is -0.140. The second-order valence-corrected chi connectivity index (χ2v) is 5.60. The van der Waals surface area contributed by atoms with Crippen LogP contribution in [-0.4, -0.2) is 22.6 Å². The van der Waals surface area contributed by atoms with E-state index in [2.05, 4.69) is 15.5 Å². The van der Waals surface area contributed by atoms with Gasteiger partial charge in [-0.3, -0.25) is 9.89 Å². The van der Waals surface area contributed by atoms with Crippen molar-refractivity contribution in [1.29, 1.82) is 0 Å². The highest BCUT2D eigenvalue weighted by Gasteiger charge is 2.63. The summed E-state index contributed by atoms with van der Waals surface area (Å²) in [6.07, 6.45) is 6.20. The number of carbonyl (C=O) groups excluding carboxylic acids is 1. The van der Waals surface area contributed by atoms with E-state index in [0.717, 1.165) is 18.5 Å². The number of H-pyrrole nitrogens is 1. The van der Waals surface area contributed by atoms with Gasteiger partial charge >= 0.3 is 0 Å². The minimum absolute atomic E-state index is 0.104. The van der Waals surface area contributed by atoms with E-state index in [1.54, 1.807) is 6.20 Å². The Hall–Kier alpha value is -1.36. The van der Waals surface area contributed by atoms with Crippen LogP contribution in [0.5, 0.6) is 0 Å². The lowest BCUT2D eigenvalue weighted by Crippen LogP contribution is -2.54. The van der Waals surface area contributed by atoms with Crippen molar-refractivity contribution in [2.24, 2.45) is 16.6 Å². The third-order valence-electron chi connectivity index (χ3n) is 4.25. The van der Waals surface area contributed by atoms with Crippen LogP contribution in [0.15, 0.2) is 12.3 Å². The number of hydrogen-bond acceptors (Lipinski definition) is 3. The van der Waals surface area contributed by atoms with Crippen LogP contribution >= 0.6 is 0 Å². The Balaban J connectivity index is 1.58. The van der Waals surface area contributed by atoms with Gasteiger partial charge in [-0.2, -0.15) is 5.10 Å². The molecule has 1 spiro atoms. The van der Waals surface area contributed by atoms with Crippen molar-refractivity contribution >= 4 is 5.91 Å². The first-order valence-corrected chi connectivity index (χ1v) is 6.15. The van der Waals surface area contributed by atoms with Crippen molar-refractivity contribution in [3.63, 3.8) is 0 Å². The third kappa shape index (κ3) is 1.74. The summed E-state index contributed by atoms with van der Waals surface area (Å²) < 4.78 is 0. The molecule has 17 heavy (non-hydrogen) atoms. The van der Waals surface area contributed by atoms with E-state index >= 15 is 0 Å². The van der Waals surface area contributed by atoms with E-state index < -0.39 is 0 Å². The molecule has 0 radical (unpaired) electrons. The first kappa shape index (κ1) is 10.8. The average Bonchev–Trinajstić information content (AvgIpc) is 2.90. The number of nitrogens with one attached hydrogen (secondary N) is 2. The number of carbonyl (C=O) groups is 1. The van der Waals surface area contributed by atoms with Crippen LogP contribution in [0.1, 0.15) is 31.4 Å². The molecule has 2 fully saturated rings. The minimum Gasteiger partial charge on any atom is -0.350 e. The number of nitrogens with two attached hydrogens (primary N) is 1. The molecular weight excluding hydrogens is 216 g/mol. The van der Waals surface area contributed by atoms with Crippen molar-refractivity contribution in [2.45, 2.75) is 32.2 Å². The van der Waals surface area contributed by atoms with Crippen LogP contribution in [-0.2, 0) is 11.3 Å². The van der Waals surface area contributed by atoms with E-state index in [-0.39, 0.29) is 11.3 Å². The fourth-order valence-electron chi connectivity index (χ4n) is 3.06. The van der Waals surface area contributed by atoms with Gasteiger partial charge in [-0.1, -0.05) is 0 Å². The summed E-state index contributed by atoms with van der Waals surface area (Å²) in [5.74, 6) is 0.104. The van der Waals surface area contributed by atoms with Crippen LogP contribution in [0.2, 0.25) is 0 Å². The highest BCUT2D eigenvalue weighted by Crippen LogP contribution is 2.68. The van der Waals surface area contributed by atoms with Crippen molar-refractivity contribution in [3.8, 4) is 0 Å². The normalized spacial score (nSPS) is 23.1. The quantitative estimate of drug-likeness (QED) is 0.711. The molecule has 4 N–H and O–H groups in total.